The minimum Gasteiger partial charge on any atom is -0.490 e. The quantitative estimate of drug-likeness (QED) is 0.310. The van der Waals surface area contributed by atoms with Crippen LogP contribution in [0.4, 0.5) is 10.5 Å². The minimum absolute atomic E-state index is 0.0319. The number of imide groups is 2. The van der Waals surface area contributed by atoms with E-state index in [2.05, 4.69) is 27.3 Å². The zero-order valence-electron chi connectivity index (χ0n) is 20.5. The molecule has 3 aromatic rings. The molecule has 1 N–H and O–H groups in total. The standard InChI is InChI=1S/C28H20BrN3O7/c1-2-36-24-11-16(10-21(29)25(24)37-14-18-6-4-3-5-17(18)13-30)9-20-26(33)31-28(35)32(27(20)34)19-7-8-22-23(12-19)39-15-38-22/h3-12H,2,14-15H2,1H3,(H,31,33,35)/b20-9+. The van der Waals surface area contributed by atoms with Gasteiger partial charge in [0.2, 0.25) is 6.79 Å². The van der Waals surface area contributed by atoms with Crippen LogP contribution in [0.1, 0.15) is 23.6 Å². The van der Waals surface area contributed by atoms with Crippen molar-refractivity contribution in [1.82, 2.24) is 5.32 Å². The molecule has 11 heteroatoms. The molecule has 0 aliphatic carbocycles. The molecule has 5 rings (SSSR count). The maximum absolute atomic E-state index is 13.3. The molecular weight excluding hydrogens is 570 g/mol. The van der Waals surface area contributed by atoms with E-state index in [0.29, 0.717) is 50.8 Å². The number of nitriles is 1. The number of carbonyl (C=O) groups excluding carboxylic acids is 3. The van der Waals surface area contributed by atoms with Gasteiger partial charge < -0.3 is 18.9 Å². The number of hydrogen-bond donors (Lipinski definition) is 1. The van der Waals surface area contributed by atoms with Crippen molar-refractivity contribution < 1.29 is 33.3 Å². The van der Waals surface area contributed by atoms with Crippen molar-refractivity contribution in [3.63, 3.8) is 0 Å². The molecule has 0 saturated carbocycles. The van der Waals surface area contributed by atoms with Crippen molar-refractivity contribution in [3.8, 4) is 29.1 Å². The van der Waals surface area contributed by atoms with Crippen LogP contribution in [0.25, 0.3) is 6.08 Å². The number of amides is 4. The molecule has 1 fully saturated rings. The zero-order chi connectivity index (χ0) is 27.5. The van der Waals surface area contributed by atoms with Gasteiger partial charge in [-0.25, -0.2) is 9.69 Å². The van der Waals surface area contributed by atoms with Crippen LogP contribution >= 0.6 is 15.9 Å². The van der Waals surface area contributed by atoms with E-state index < -0.39 is 17.8 Å². The van der Waals surface area contributed by atoms with E-state index in [4.69, 9.17) is 18.9 Å². The predicted octanol–water partition coefficient (Wildman–Crippen LogP) is 4.69. The molecule has 196 valence electrons. The second-order valence-corrected chi connectivity index (χ2v) is 9.17. The summed E-state index contributed by atoms with van der Waals surface area (Å²) in [4.78, 5) is 39.5. The van der Waals surface area contributed by atoms with Gasteiger partial charge in [0.25, 0.3) is 11.8 Å². The average molecular weight is 590 g/mol. The first-order valence-corrected chi connectivity index (χ1v) is 12.6. The van der Waals surface area contributed by atoms with Gasteiger partial charge in [-0.05, 0) is 64.8 Å². The van der Waals surface area contributed by atoms with Crippen LogP contribution in [0.2, 0.25) is 0 Å². The fraction of sp³-hybridized carbons (Fsp3) is 0.143. The number of fused-ring (bicyclic) bond motifs is 1. The normalized spacial score (nSPS) is 15.3. The number of halogens is 1. The van der Waals surface area contributed by atoms with Crippen molar-refractivity contribution in [3.05, 3.63) is 81.3 Å². The summed E-state index contributed by atoms with van der Waals surface area (Å²) in [5.74, 6) is -0.00510. The molecule has 2 aliphatic heterocycles. The molecule has 2 heterocycles. The Hall–Kier alpha value is -4.82. The monoisotopic (exact) mass is 589 g/mol. The Morgan fingerprint density at radius 3 is 2.67 bits per heavy atom. The number of barbiturate groups is 1. The second kappa shape index (κ2) is 10.9. The summed E-state index contributed by atoms with van der Waals surface area (Å²) in [5, 5.41) is 11.6. The lowest BCUT2D eigenvalue weighted by Gasteiger charge is -2.26. The first-order chi connectivity index (χ1) is 18.9. The number of nitrogens with zero attached hydrogens (tertiary/aromatic N) is 2. The van der Waals surface area contributed by atoms with Crippen LogP contribution in [-0.4, -0.2) is 31.2 Å². The van der Waals surface area contributed by atoms with E-state index in [9.17, 15) is 19.6 Å². The van der Waals surface area contributed by atoms with E-state index in [-0.39, 0.29) is 24.7 Å². The molecule has 0 radical (unpaired) electrons. The Balaban J connectivity index is 1.46. The van der Waals surface area contributed by atoms with Gasteiger partial charge in [-0.15, -0.1) is 0 Å². The smallest absolute Gasteiger partial charge is 0.335 e. The number of ether oxygens (including phenoxy) is 4. The summed E-state index contributed by atoms with van der Waals surface area (Å²) in [7, 11) is 0. The van der Waals surface area contributed by atoms with Crippen molar-refractivity contribution in [2.75, 3.05) is 18.3 Å². The highest BCUT2D eigenvalue weighted by atomic mass is 79.9. The first-order valence-electron chi connectivity index (χ1n) is 11.8. The van der Waals surface area contributed by atoms with Crippen LogP contribution in [0.5, 0.6) is 23.0 Å². The van der Waals surface area contributed by atoms with Gasteiger partial charge in [-0.1, -0.05) is 18.2 Å². The summed E-state index contributed by atoms with van der Waals surface area (Å²) in [6, 6.07) is 16.2. The largest absolute Gasteiger partial charge is 0.490 e. The lowest BCUT2D eigenvalue weighted by Crippen LogP contribution is -2.54. The number of benzene rings is 3. The highest BCUT2D eigenvalue weighted by Crippen LogP contribution is 2.39. The molecule has 2 aliphatic rings. The number of carbonyl (C=O) groups is 3. The minimum atomic E-state index is -0.876. The average Bonchev–Trinajstić information content (AvgIpc) is 3.39. The van der Waals surface area contributed by atoms with Gasteiger partial charge >= 0.3 is 6.03 Å². The topological polar surface area (TPSA) is 127 Å². The summed E-state index contributed by atoms with van der Waals surface area (Å²) in [6.45, 7) is 2.28. The van der Waals surface area contributed by atoms with Gasteiger partial charge in [0.1, 0.15) is 12.2 Å². The number of rotatable bonds is 7. The van der Waals surface area contributed by atoms with Crippen molar-refractivity contribution in [1.29, 1.82) is 5.26 Å². The van der Waals surface area contributed by atoms with Crippen LogP contribution in [0, 0.1) is 11.3 Å². The van der Waals surface area contributed by atoms with Gasteiger partial charge in [0, 0.05) is 11.6 Å². The maximum atomic E-state index is 13.3. The van der Waals surface area contributed by atoms with Crippen LogP contribution in [0.15, 0.2) is 64.6 Å². The fourth-order valence-electron chi connectivity index (χ4n) is 4.06. The third kappa shape index (κ3) is 5.15. The van der Waals surface area contributed by atoms with E-state index >= 15 is 0 Å². The molecule has 39 heavy (non-hydrogen) atoms. The number of anilines is 1. The maximum Gasteiger partial charge on any atom is 0.335 e. The molecular formula is C28H20BrN3O7. The summed E-state index contributed by atoms with van der Waals surface area (Å²) in [6.07, 6.45) is 1.37. The summed E-state index contributed by atoms with van der Waals surface area (Å²) in [5.41, 5.74) is 1.62. The molecule has 4 amide bonds. The fourth-order valence-corrected chi connectivity index (χ4v) is 4.64. The molecule has 0 atom stereocenters. The van der Waals surface area contributed by atoms with Crippen molar-refractivity contribution in [2.24, 2.45) is 0 Å². The third-order valence-electron chi connectivity index (χ3n) is 5.87. The van der Waals surface area contributed by atoms with E-state index in [0.717, 1.165) is 4.90 Å². The van der Waals surface area contributed by atoms with Gasteiger partial charge in [0.05, 0.1) is 28.4 Å². The van der Waals surface area contributed by atoms with Gasteiger partial charge in [-0.3, -0.25) is 14.9 Å². The van der Waals surface area contributed by atoms with Gasteiger partial charge in [-0.2, -0.15) is 5.26 Å². The summed E-state index contributed by atoms with van der Waals surface area (Å²) >= 11 is 3.48. The Bertz CT molecular complexity index is 1580. The molecule has 0 aromatic heterocycles. The van der Waals surface area contributed by atoms with Crippen LogP contribution in [-0.2, 0) is 16.2 Å². The van der Waals surface area contributed by atoms with E-state index in [1.54, 1.807) is 43.3 Å². The molecule has 3 aromatic carbocycles. The highest BCUT2D eigenvalue weighted by Gasteiger charge is 2.37. The van der Waals surface area contributed by atoms with Crippen LogP contribution in [0.3, 0.4) is 0 Å². The number of urea groups is 1. The predicted molar refractivity (Wildman–Crippen MR) is 142 cm³/mol. The van der Waals surface area contributed by atoms with Gasteiger partial charge in [0.15, 0.2) is 23.0 Å². The summed E-state index contributed by atoms with van der Waals surface area (Å²) < 4.78 is 22.9. The molecule has 0 unspecified atom stereocenters. The van der Waals surface area contributed by atoms with Crippen molar-refractivity contribution in [2.45, 2.75) is 13.5 Å². The lowest BCUT2D eigenvalue weighted by molar-refractivity contribution is -0.122. The molecule has 0 bridgehead atoms. The molecule has 10 nitrogen and oxygen atoms in total. The molecule has 0 spiro atoms. The first kappa shape index (κ1) is 25.8. The Morgan fingerprint density at radius 2 is 1.87 bits per heavy atom. The zero-order valence-corrected chi connectivity index (χ0v) is 22.1. The second-order valence-electron chi connectivity index (χ2n) is 8.32. The van der Waals surface area contributed by atoms with E-state index in [1.807, 2.05) is 6.07 Å². The Morgan fingerprint density at radius 1 is 1.08 bits per heavy atom. The number of nitrogens with one attached hydrogen (secondary N) is 1. The van der Waals surface area contributed by atoms with E-state index in [1.165, 1.54) is 18.2 Å². The molecule has 1 saturated heterocycles. The highest BCUT2D eigenvalue weighted by molar-refractivity contribution is 9.10. The lowest BCUT2D eigenvalue weighted by atomic mass is 10.1. The van der Waals surface area contributed by atoms with Crippen LogP contribution < -0.4 is 29.2 Å². The SMILES string of the molecule is CCOc1cc(/C=C2\C(=O)NC(=O)N(c3ccc4c(c3)OCO4)C2=O)cc(Br)c1OCc1ccccc1C#N. The third-order valence-corrected chi connectivity index (χ3v) is 6.46. The Labute approximate surface area is 231 Å². The number of hydrogen-bond acceptors (Lipinski definition) is 8. The van der Waals surface area contributed by atoms with Crippen molar-refractivity contribution >= 4 is 45.5 Å². The Kier molecular flexibility index (Phi) is 7.21.